The fourth-order valence-electron chi connectivity index (χ4n) is 2.07. The highest BCUT2D eigenvalue weighted by atomic mass is 35.5. The van der Waals surface area contributed by atoms with Gasteiger partial charge in [0.1, 0.15) is 5.82 Å². The second-order valence-electron chi connectivity index (χ2n) is 4.54. The summed E-state index contributed by atoms with van der Waals surface area (Å²) < 4.78 is 40.9. The predicted octanol–water partition coefficient (Wildman–Crippen LogP) is 3.83. The Hall–Kier alpha value is -2.18. The summed E-state index contributed by atoms with van der Waals surface area (Å²) in [5.74, 6) is -0.715. The Labute approximate surface area is 131 Å². The van der Waals surface area contributed by atoms with Gasteiger partial charge in [-0.25, -0.2) is 12.8 Å². The zero-order valence-electron chi connectivity index (χ0n) is 11.1. The molecule has 0 fully saturated rings. The summed E-state index contributed by atoms with van der Waals surface area (Å²) in [5, 5.41) is 0.251. The number of sulfonamides is 1. The number of nitrogens with zero attached hydrogens (tertiary/aromatic N) is 1. The number of pyridine rings is 1. The van der Waals surface area contributed by atoms with E-state index in [1.54, 1.807) is 30.3 Å². The van der Waals surface area contributed by atoms with Crippen LogP contribution in [-0.2, 0) is 10.0 Å². The highest BCUT2D eigenvalue weighted by Crippen LogP contribution is 2.32. The third-order valence-corrected chi connectivity index (χ3v) is 4.84. The van der Waals surface area contributed by atoms with Crippen molar-refractivity contribution in [1.29, 1.82) is 0 Å². The minimum atomic E-state index is -3.83. The summed E-state index contributed by atoms with van der Waals surface area (Å²) in [6, 6.07) is 12.0. The maximum absolute atomic E-state index is 13.9. The molecule has 0 spiro atoms. The second-order valence-corrected chi connectivity index (χ2v) is 6.60. The van der Waals surface area contributed by atoms with Gasteiger partial charge in [0.2, 0.25) is 0 Å². The zero-order chi connectivity index (χ0) is 15.7. The second kappa shape index (κ2) is 5.55. The molecule has 0 unspecified atom stereocenters. The van der Waals surface area contributed by atoms with Crippen molar-refractivity contribution in [1.82, 2.24) is 4.98 Å². The largest absolute Gasteiger partial charge is 0.277 e. The van der Waals surface area contributed by atoms with Crippen LogP contribution in [0.2, 0.25) is 5.02 Å². The molecule has 0 saturated heterocycles. The van der Waals surface area contributed by atoms with Crippen LogP contribution in [0.3, 0.4) is 0 Å². The van der Waals surface area contributed by atoms with Crippen molar-refractivity contribution < 1.29 is 12.8 Å². The van der Waals surface area contributed by atoms with Crippen LogP contribution in [0.15, 0.2) is 59.6 Å². The van der Waals surface area contributed by atoms with Crippen LogP contribution in [-0.4, -0.2) is 13.4 Å². The van der Waals surface area contributed by atoms with Crippen LogP contribution in [0, 0.1) is 5.82 Å². The van der Waals surface area contributed by atoms with Gasteiger partial charge in [0.25, 0.3) is 10.0 Å². The van der Waals surface area contributed by atoms with E-state index in [0.717, 1.165) is 6.07 Å². The van der Waals surface area contributed by atoms with Crippen molar-refractivity contribution in [3.8, 4) is 0 Å². The van der Waals surface area contributed by atoms with Crippen molar-refractivity contribution in [3.05, 3.63) is 65.6 Å². The van der Waals surface area contributed by atoms with Gasteiger partial charge in [-0.2, -0.15) is 0 Å². The molecular weight excluding hydrogens is 327 g/mol. The van der Waals surface area contributed by atoms with E-state index in [0.29, 0.717) is 5.39 Å². The van der Waals surface area contributed by atoms with E-state index < -0.39 is 15.8 Å². The number of aromatic nitrogens is 1. The Kier molecular flexibility index (Phi) is 3.72. The van der Waals surface area contributed by atoms with Crippen LogP contribution < -0.4 is 4.72 Å². The molecule has 0 aliphatic carbocycles. The van der Waals surface area contributed by atoms with E-state index in [4.69, 9.17) is 11.6 Å². The van der Waals surface area contributed by atoms with Gasteiger partial charge in [-0.3, -0.25) is 9.71 Å². The molecule has 112 valence electrons. The number of benzene rings is 2. The van der Waals surface area contributed by atoms with Crippen LogP contribution in [0.1, 0.15) is 0 Å². The Bertz CT molecular complexity index is 946. The predicted molar refractivity (Wildman–Crippen MR) is 84.0 cm³/mol. The van der Waals surface area contributed by atoms with Crippen LogP contribution in [0.4, 0.5) is 10.1 Å². The molecule has 22 heavy (non-hydrogen) atoms. The fraction of sp³-hybridized carbons (Fsp3) is 0. The van der Waals surface area contributed by atoms with E-state index in [1.807, 2.05) is 0 Å². The standard InChI is InChI=1S/C15H10ClFN2O2S/c16-14-11-7-4-8-18-15(11)13(9-12(14)17)19-22(20,21)10-5-2-1-3-6-10/h1-9,19H. The highest BCUT2D eigenvalue weighted by Gasteiger charge is 2.18. The molecule has 0 aliphatic heterocycles. The topological polar surface area (TPSA) is 59.1 Å². The number of hydrogen-bond donors (Lipinski definition) is 1. The average Bonchev–Trinajstić information content (AvgIpc) is 2.53. The number of fused-ring (bicyclic) bond motifs is 1. The molecule has 4 nitrogen and oxygen atoms in total. The summed E-state index contributed by atoms with van der Waals surface area (Å²) in [7, 11) is -3.83. The molecule has 1 aromatic heterocycles. The average molecular weight is 337 g/mol. The van der Waals surface area contributed by atoms with Crippen molar-refractivity contribution in [2.75, 3.05) is 4.72 Å². The van der Waals surface area contributed by atoms with Crippen LogP contribution in [0.5, 0.6) is 0 Å². The first-order valence-electron chi connectivity index (χ1n) is 6.29. The molecule has 7 heteroatoms. The quantitative estimate of drug-likeness (QED) is 0.790. The molecule has 0 aliphatic rings. The summed E-state index contributed by atoms with van der Waals surface area (Å²) in [6.45, 7) is 0. The third-order valence-electron chi connectivity index (χ3n) is 3.08. The first kappa shape index (κ1) is 14.7. The monoisotopic (exact) mass is 336 g/mol. The lowest BCUT2D eigenvalue weighted by Crippen LogP contribution is -2.13. The first-order valence-corrected chi connectivity index (χ1v) is 8.16. The molecule has 0 atom stereocenters. The highest BCUT2D eigenvalue weighted by molar-refractivity contribution is 7.92. The Morgan fingerprint density at radius 1 is 1.09 bits per heavy atom. The summed E-state index contributed by atoms with van der Waals surface area (Å²) in [6.07, 6.45) is 1.48. The lowest BCUT2D eigenvalue weighted by atomic mass is 10.2. The molecule has 0 bridgehead atoms. The van der Waals surface area contributed by atoms with Gasteiger partial charge in [-0.15, -0.1) is 0 Å². The van der Waals surface area contributed by atoms with E-state index >= 15 is 0 Å². The van der Waals surface area contributed by atoms with Gasteiger partial charge in [0, 0.05) is 17.6 Å². The molecule has 1 N–H and O–H groups in total. The molecule has 0 saturated carbocycles. The van der Waals surface area contributed by atoms with Gasteiger partial charge in [0.05, 0.1) is 21.1 Å². The normalized spacial score (nSPS) is 11.5. The van der Waals surface area contributed by atoms with E-state index in [9.17, 15) is 12.8 Å². The smallest absolute Gasteiger partial charge is 0.261 e. The number of nitrogens with one attached hydrogen (secondary N) is 1. The lowest BCUT2D eigenvalue weighted by Gasteiger charge is -2.11. The summed E-state index contributed by atoms with van der Waals surface area (Å²) in [4.78, 5) is 4.16. The summed E-state index contributed by atoms with van der Waals surface area (Å²) in [5.41, 5.74) is 0.328. The maximum Gasteiger partial charge on any atom is 0.261 e. The number of anilines is 1. The van der Waals surface area contributed by atoms with Gasteiger partial charge < -0.3 is 0 Å². The Morgan fingerprint density at radius 3 is 2.55 bits per heavy atom. The van der Waals surface area contributed by atoms with Crippen LogP contribution >= 0.6 is 11.6 Å². The van der Waals surface area contributed by atoms with E-state index in [-0.39, 0.29) is 21.1 Å². The lowest BCUT2D eigenvalue weighted by molar-refractivity contribution is 0.601. The molecule has 2 aromatic carbocycles. The van der Waals surface area contributed by atoms with E-state index in [2.05, 4.69) is 9.71 Å². The molecule has 3 rings (SSSR count). The van der Waals surface area contributed by atoms with Gasteiger partial charge in [-0.05, 0) is 24.3 Å². The van der Waals surface area contributed by atoms with Crippen molar-refractivity contribution in [2.24, 2.45) is 0 Å². The SMILES string of the molecule is O=S(=O)(Nc1cc(F)c(Cl)c2cccnc12)c1ccccc1. The van der Waals surface area contributed by atoms with Crippen molar-refractivity contribution in [2.45, 2.75) is 4.90 Å². The zero-order valence-corrected chi connectivity index (χ0v) is 12.7. The number of rotatable bonds is 3. The number of halogens is 2. The van der Waals surface area contributed by atoms with E-state index in [1.165, 1.54) is 18.3 Å². The van der Waals surface area contributed by atoms with Crippen LogP contribution in [0.25, 0.3) is 10.9 Å². The molecule has 0 amide bonds. The van der Waals surface area contributed by atoms with Crippen molar-refractivity contribution in [3.63, 3.8) is 0 Å². The molecular formula is C15H10ClFN2O2S. The third kappa shape index (κ3) is 2.63. The van der Waals surface area contributed by atoms with Crippen molar-refractivity contribution >= 4 is 38.2 Å². The fourth-order valence-corrected chi connectivity index (χ4v) is 3.35. The van der Waals surface area contributed by atoms with Gasteiger partial charge in [0.15, 0.2) is 0 Å². The molecule has 3 aromatic rings. The minimum Gasteiger partial charge on any atom is -0.277 e. The Balaban J connectivity index is 2.14. The summed E-state index contributed by atoms with van der Waals surface area (Å²) >= 11 is 5.89. The number of hydrogen-bond acceptors (Lipinski definition) is 3. The minimum absolute atomic E-state index is 0.0429. The first-order chi connectivity index (χ1) is 10.5. The van der Waals surface area contributed by atoms with Gasteiger partial charge >= 0.3 is 0 Å². The molecule has 0 radical (unpaired) electrons. The maximum atomic E-state index is 13.9. The van der Waals surface area contributed by atoms with Gasteiger partial charge in [-0.1, -0.05) is 29.8 Å². The molecule has 1 heterocycles. The Morgan fingerprint density at radius 2 is 1.82 bits per heavy atom.